The number of aryl methyl sites for hydroxylation is 1. The molecule has 0 fully saturated rings. The Bertz CT molecular complexity index is 2230. The van der Waals surface area contributed by atoms with Crippen molar-refractivity contribution < 1.29 is 0 Å². The van der Waals surface area contributed by atoms with Gasteiger partial charge in [-0.1, -0.05) is 93.6 Å². The molecule has 48 heavy (non-hydrogen) atoms. The van der Waals surface area contributed by atoms with E-state index in [1.165, 1.54) is 62.0 Å². The molecule has 6 aromatic rings. The number of nitrogens with zero attached hydrogens (tertiary/aromatic N) is 3. The predicted molar refractivity (Wildman–Crippen MR) is 201 cm³/mol. The summed E-state index contributed by atoms with van der Waals surface area (Å²) in [6.07, 6.45) is 16.0. The fourth-order valence-electron chi connectivity index (χ4n) is 8.67. The van der Waals surface area contributed by atoms with Gasteiger partial charge in [-0.3, -0.25) is 4.90 Å². The maximum atomic E-state index is 4.82. The van der Waals surface area contributed by atoms with Gasteiger partial charge in [0.05, 0.1) is 0 Å². The summed E-state index contributed by atoms with van der Waals surface area (Å²) in [5.74, 6) is 1.45. The lowest BCUT2D eigenvalue weighted by molar-refractivity contribution is 0.378. The van der Waals surface area contributed by atoms with Gasteiger partial charge in [0, 0.05) is 45.6 Å². The number of rotatable bonds is 5. The molecule has 2 aromatic heterocycles. The highest BCUT2D eigenvalue weighted by Crippen LogP contribution is 2.50. The van der Waals surface area contributed by atoms with Crippen LogP contribution in [0.3, 0.4) is 0 Å². The monoisotopic (exact) mass is 623 g/mol. The molecule has 0 radical (unpaired) electrons. The molecule has 236 valence electrons. The molecule has 3 nitrogen and oxygen atoms in total. The minimum absolute atomic E-state index is 0.0696. The molecule has 0 amide bonds. The van der Waals surface area contributed by atoms with Crippen LogP contribution in [0.5, 0.6) is 0 Å². The molecule has 2 unspecified atom stereocenters. The van der Waals surface area contributed by atoms with Crippen molar-refractivity contribution in [3.05, 3.63) is 150 Å². The molecule has 9 rings (SSSR count). The van der Waals surface area contributed by atoms with E-state index < -0.39 is 0 Å². The van der Waals surface area contributed by atoms with Crippen LogP contribution >= 0.6 is 0 Å². The van der Waals surface area contributed by atoms with Gasteiger partial charge in [0.2, 0.25) is 0 Å². The Morgan fingerprint density at radius 1 is 0.750 bits per heavy atom. The molecule has 0 bridgehead atoms. The number of hydrogen-bond acceptors (Lipinski definition) is 2. The Kier molecular flexibility index (Phi) is 6.79. The highest BCUT2D eigenvalue weighted by Gasteiger charge is 2.36. The summed E-state index contributed by atoms with van der Waals surface area (Å²) < 4.78 is 2.66. The lowest BCUT2D eigenvalue weighted by Gasteiger charge is -2.29. The van der Waals surface area contributed by atoms with Gasteiger partial charge in [0.15, 0.2) is 0 Å². The minimum atomic E-state index is -0.0696. The van der Waals surface area contributed by atoms with Crippen LogP contribution in [0.25, 0.3) is 39.2 Å². The number of aromatic nitrogens is 2. The quantitative estimate of drug-likeness (QED) is 0.178. The Hall–Kier alpha value is -5.15. The van der Waals surface area contributed by atoms with Crippen molar-refractivity contribution in [2.45, 2.75) is 57.9 Å². The van der Waals surface area contributed by atoms with Crippen LogP contribution in [0.15, 0.2) is 128 Å². The summed E-state index contributed by atoms with van der Waals surface area (Å²) >= 11 is 0. The summed E-state index contributed by atoms with van der Waals surface area (Å²) in [7, 11) is 0. The summed E-state index contributed by atoms with van der Waals surface area (Å²) in [4.78, 5) is 7.10. The van der Waals surface area contributed by atoms with E-state index in [9.17, 15) is 0 Å². The van der Waals surface area contributed by atoms with Crippen LogP contribution in [-0.4, -0.2) is 9.55 Å². The third-order valence-corrected chi connectivity index (χ3v) is 11.2. The van der Waals surface area contributed by atoms with Crippen molar-refractivity contribution in [2.75, 3.05) is 4.90 Å². The number of pyridine rings is 1. The van der Waals surface area contributed by atoms with Crippen LogP contribution in [-0.2, 0) is 11.8 Å². The zero-order valence-corrected chi connectivity index (χ0v) is 28.0. The average molecular weight is 624 g/mol. The van der Waals surface area contributed by atoms with Gasteiger partial charge in [-0.25, -0.2) is 4.98 Å². The fraction of sp³-hybridized carbons (Fsp3) is 0.222. The van der Waals surface area contributed by atoms with Gasteiger partial charge >= 0.3 is 0 Å². The molecule has 2 atom stereocenters. The Morgan fingerprint density at radius 2 is 1.54 bits per heavy atom. The molecular weight excluding hydrogens is 583 g/mol. The van der Waals surface area contributed by atoms with Crippen molar-refractivity contribution in [1.82, 2.24) is 9.55 Å². The van der Waals surface area contributed by atoms with Crippen LogP contribution in [0.1, 0.15) is 68.5 Å². The Morgan fingerprint density at radius 3 is 2.38 bits per heavy atom. The van der Waals surface area contributed by atoms with Gasteiger partial charge in [0.1, 0.15) is 5.82 Å². The predicted octanol–water partition coefficient (Wildman–Crippen LogP) is 12.0. The molecule has 0 spiro atoms. The molecular formula is C45H41N3. The van der Waals surface area contributed by atoms with Crippen LogP contribution < -0.4 is 4.90 Å². The van der Waals surface area contributed by atoms with Crippen molar-refractivity contribution in [1.29, 1.82) is 0 Å². The molecule has 3 heteroatoms. The van der Waals surface area contributed by atoms with E-state index in [2.05, 4.69) is 152 Å². The largest absolute Gasteiger partial charge is 0.337 e. The first-order valence-corrected chi connectivity index (χ1v) is 17.5. The third-order valence-electron chi connectivity index (χ3n) is 11.2. The third kappa shape index (κ3) is 4.52. The number of benzene rings is 4. The van der Waals surface area contributed by atoms with Gasteiger partial charge in [-0.15, -0.1) is 0 Å². The number of fused-ring (bicyclic) bond motifs is 6. The molecule has 0 aliphatic heterocycles. The van der Waals surface area contributed by atoms with Crippen molar-refractivity contribution >= 4 is 34.2 Å². The first-order valence-electron chi connectivity index (χ1n) is 17.5. The average Bonchev–Trinajstić information content (AvgIpc) is 3.57. The maximum absolute atomic E-state index is 4.82. The second-order valence-corrected chi connectivity index (χ2v) is 14.3. The van der Waals surface area contributed by atoms with Gasteiger partial charge in [-0.05, 0) is 125 Å². The van der Waals surface area contributed by atoms with Crippen molar-refractivity contribution in [2.24, 2.45) is 5.92 Å². The number of anilines is 3. The molecule has 0 saturated carbocycles. The zero-order valence-electron chi connectivity index (χ0n) is 28.0. The second-order valence-electron chi connectivity index (χ2n) is 14.3. The Labute approximate surface area is 283 Å². The maximum Gasteiger partial charge on any atom is 0.137 e. The molecule has 3 aliphatic rings. The van der Waals surface area contributed by atoms with Crippen molar-refractivity contribution in [3.8, 4) is 22.3 Å². The van der Waals surface area contributed by atoms with E-state index >= 15 is 0 Å². The SMILES string of the molecule is CC1C=CCCC1n1c2c(c3cc(-c4ccc(N(c5ccc6c(c5)C(C)(C)c5ccccc5-6)c5ccccn5)cc4)ccc31)CCC=C2. The molecule has 4 aromatic carbocycles. The second kappa shape index (κ2) is 11.2. The van der Waals surface area contributed by atoms with E-state index in [-0.39, 0.29) is 5.41 Å². The van der Waals surface area contributed by atoms with E-state index in [1.54, 1.807) is 0 Å². The summed E-state index contributed by atoms with van der Waals surface area (Å²) in [5, 5.41) is 1.41. The molecule has 0 saturated heterocycles. The molecule has 3 aliphatic carbocycles. The first kappa shape index (κ1) is 29.0. The van der Waals surface area contributed by atoms with Crippen LogP contribution in [0.2, 0.25) is 0 Å². The summed E-state index contributed by atoms with van der Waals surface area (Å²) in [6, 6.07) is 38.6. The minimum Gasteiger partial charge on any atom is -0.337 e. The van der Waals surface area contributed by atoms with Gasteiger partial charge < -0.3 is 4.57 Å². The van der Waals surface area contributed by atoms with Gasteiger partial charge in [0.25, 0.3) is 0 Å². The normalized spacial score (nSPS) is 18.8. The van der Waals surface area contributed by atoms with Crippen molar-refractivity contribution in [3.63, 3.8) is 0 Å². The highest BCUT2D eigenvalue weighted by atomic mass is 15.2. The van der Waals surface area contributed by atoms with E-state index in [0.717, 1.165) is 36.5 Å². The van der Waals surface area contributed by atoms with Gasteiger partial charge in [-0.2, -0.15) is 0 Å². The number of hydrogen-bond donors (Lipinski definition) is 0. The topological polar surface area (TPSA) is 21.1 Å². The lowest BCUT2D eigenvalue weighted by atomic mass is 9.82. The lowest BCUT2D eigenvalue weighted by Crippen LogP contribution is -2.19. The van der Waals surface area contributed by atoms with E-state index in [0.29, 0.717) is 12.0 Å². The van der Waals surface area contributed by atoms with E-state index in [4.69, 9.17) is 4.98 Å². The molecule has 0 N–H and O–H groups in total. The summed E-state index contributed by atoms with van der Waals surface area (Å²) in [5.41, 5.74) is 14.4. The standard InChI is InChI=1S/C45H41N3/c1-30-12-4-8-16-41(30)48-42-17-9-6-14-37(42)38-28-32(21-26-43(38)48)31-19-22-33(23-20-31)47(44-18-10-11-27-46-44)34-24-25-36-35-13-5-7-15-39(35)45(2,3)40(36)29-34/h4-5,7,9-13,15,17-30,41H,6,8,14,16H2,1-3H3. The Balaban J connectivity index is 1.11. The smallest absolute Gasteiger partial charge is 0.137 e. The fourth-order valence-corrected chi connectivity index (χ4v) is 8.67. The van der Waals surface area contributed by atoms with Crippen LogP contribution in [0, 0.1) is 5.92 Å². The molecule has 2 heterocycles. The van der Waals surface area contributed by atoms with E-state index in [1.807, 2.05) is 12.3 Å². The number of allylic oxidation sites excluding steroid dienone is 3. The zero-order chi connectivity index (χ0) is 32.4. The summed E-state index contributed by atoms with van der Waals surface area (Å²) in [6.45, 7) is 7.05. The first-order chi connectivity index (χ1) is 23.5. The highest BCUT2D eigenvalue weighted by molar-refractivity contribution is 5.93. The van der Waals surface area contributed by atoms with Crippen LogP contribution in [0.4, 0.5) is 17.2 Å².